The Balaban J connectivity index is 2.05. The van der Waals surface area contributed by atoms with Crippen LogP contribution in [-0.4, -0.2) is 84.1 Å². The Morgan fingerprint density at radius 3 is 2.62 bits per heavy atom. The highest BCUT2D eigenvalue weighted by Crippen LogP contribution is 2.07. The molecule has 1 aliphatic heterocycles. The molecule has 24 heavy (non-hydrogen) atoms. The highest BCUT2D eigenvalue weighted by Gasteiger charge is 2.15. The van der Waals surface area contributed by atoms with Crippen LogP contribution in [0, 0.1) is 0 Å². The first-order valence-corrected chi connectivity index (χ1v) is 10.2. The first kappa shape index (κ1) is 21.1. The van der Waals surface area contributed by atoms with Gasteiger partial charge in [0.05, 0.1) is 18.5 Å². The number of nitrogens with zero attached hydrogens (tertiary/aromatic N) is 2. The van der Waals surface area contributed by atoms with Gasteiger partial charge in [-0.1, -0.05) is 0 Å². The molecular weight excluding hydrogens is 332 g/mol. The molecule has 9 heteroatoms. The summed E-state index contributed by atoms with van der Waals surface area (Å²) in [6, 6.07) is 0. The predicted octanol–water partition coefficient (Wildman–Crippen LogP) is 0.0186. The number of rotatable bonds is 11. The zero-order valence-electron chi connectivity index (χ0n) is 15.1. The summed E-state index contributed by atoms with van der Waals surface area (Å²) in [5.41, 5.74) is 0. The lowest BCUT2D eigenvalue weighted by molar-refractivity contribution is 0.0420. The van der Waals surface area contributed by atoms with Gasteiger partial charge in [0.25, 0.3) is 0 Å². The molecule has 0 spiro atoms. The highest BCUT2D eigenvalue weighted by atomic mass is 32.2. The molecule has 2 N–H and O–H groups in total. The van der Waals surface area contributed by atoms with Crippen LogP contribution in [0.2, 0.25) is 0 Å². The first-order chi connectivity index (χ1) is 11.5. The molecule has 0 amide bonds. The van der Waals surface area contributed by atoms with Crippen LogP contribution in [0.5, 0.6) is 0 Å². The van der Waals surface area contributed by atoms with Crippen LogP contribution >= 0.6 is 0 Å². The van der Waals surface area contributed by atoms with E-state index in [-0.39, 0.29) is 11.9 Å². The third-order valence-corrected chi connectivity index (χ3v) is 5.72. The van der Waals surface area contributed by atoms with Gasteiger partial charge in [0.2, 0.25) is 10.0 Å². The lowest BCUT2D eigenvalue weighted by Crippen LogP contribution is -2.39. The lowest BCUT2D eigenvalue weighted by Gasteiger charge is -2.17. The Labute approximate surface area is 146 Å². The average molecular weight is 365 g/mol. The molecule has 8 nitrogen and oxygen atoms in total. The maximum Gasteiger partial charge on any atom is 0.213 e. The SMILES string of the molecule is CCS(=O)(=O)N(C)CCCNC(=NC)NCCCOC1CCOC1. The number of guanidine groups is 1. The molecule has 1 heterocycles. The van der Waals surface area contributed by atoms with Gasteiger partial charge in [-0.05, 0) is 26.2 Å². The van der Waals surface area contributed by atoms with Gasteiger partial charge in [0.15, 0.2) is 5.96 Å². The third-order valence-electron chi connectivity index (χ3n) is 3.86. The van der Waals surface area contributed by atoms with Gasteiger partial charge in [-0.25, -0.2) is 12.7 Å². The van der Waals surface area contributed by atoms with Crippen molar-refractivity contribution in [2.45, 2.75) is 32.3 Å². The minimum Gasteiger partial charge on any atom is -0.379 e. The van der Waals surface area contributed by atoms with Crippen molar-refractivity contribution in [3.8, 4) is 0 Å². The summed E-state index contributed by atoms with van der Waals surface area (Å²) in [6.45, 7) is 5.80. The topological polar surface area (TPSA) is 92.3 Å². The van der Waals surface area contributed by atoms with E-state index in [0.717, 1.165) is 38.4 Å². The van der Waals surface area contributed by atoms with Gasteiger partial charge >= 0.3 is 0 Å². The van der Waals surface area contributed by atoms with Crippen molar-refractivity contribution in [1.29, 1.82) is 0 Å². The summed E-state index contributed by atoms with van der Waals surface area (Å²) in [4.78, 5) is 4.15. The maximum absolute atomic E-state index is 11.6. The van der Waals surface area contributed by atoms with Crippen molar-refractivity contribution in [1.82, 2.24) is 14.9 Å². The molecule has 1 aliphatic rings. The van der Waals surface area contributed by atoms with E-state index in [4.69, 9.17) is 9.47 Å². The number of ether oxygens (including phenoxy) is 2. The Bertz CT molecular complexity index is 464. The average Bonchev–Trinajstić information content (AvgIpc) is 3.09. The maximum atomic E-state index is 11.6. The molecule has 0 aromatic heterocycles. The van der Waals surface area contributed by atoms with E-state index in [1.807, 2.05) is 0 Å². The largest absolute Gasteiger partial charge is 0.379 e. The van der Waals surface area contributed by atoms with Crippen molar-refractivity contribution in [3.05, 3.63) is 0 Å². The molecule has 0 saturated carbocycles. The minimum absolute atomic E-state index is 0.134. The van der Waals surface area contributed by atoms with Crippen molar-refractivity contribution in [2.24, 2.45) is 4.99 Å². The van der Waals surface area contributed by atoms with Gasteiger partial charge < -0.3 is 20.1 Å². The molecule has 1 fully saturated rings. The molecule has 1 saturated heterocycles. The second kappa shape index (κ2) is 11.6. The zero-order chi connectivity index (χ0) is 17.8. The fourth-order valence-corrected chi connectivity index (χ4v) is 3.11. The fourth-order valence-electron chi connectivity index (χ4n) is 2.26. The number of hydrogen-bond donors (Lipinski definition) is 2. The third kappa shape index (κ3) is 8.27. The summed E-state index contributed by atoms with van der Waals surface area (Å²) in [7, 11) is 0.235. The van der Waals surface area contributed by atoms with E-state index in [2.05, 4.69) is 15.6 Å². The van der Waals surface area contributed by atoms with Crippen LogP contribution in [0.25, 0.3) is 0 Å². The van der Waals surface area contributed by atoms with Crippen molar-refractivity contribution in [2.75, 3.05) is 59.3 Å². The number of aliphatic imine (C=N–C) groups is 1. The Morgan fingerprint density at radius 2 is 2.04 bits per heavy atom. The van der Waals surface area contributed by atoms with Gasteiger partial charge in [-0.3, -0.25) is 4.99 Å². The summed E-state index contributed by atoms with van der Waals surface area (Å²) in [5.74, 6) is 0.857. The van der Waals surface area contributed by atoms with E-state index in [1.54, 1.807) is 21.0 Å². The zero-order valence-corrected chi connectivity index (χ0v) is 15.9. The standard InChI is InChI=1S/C15H32N4O4S/c1-4-24(20,21)19(3)10-5-8-17-15(16-2)18-9-6-11-23-14-7-12-22-13-14/h14H,4-13H2,1-3H3,(H2,16,17,18). The molecular formula is C15H32N4O4S. The van der Waals surface area contributed by atoms with E-state index >= 15 is 0 Å². The van der Waals surface area contributed by atoms with Gasteiger partial charge in [0, 0.05) is 46.9 Å². The number of sulfonamides is 1. The van der Waals surface area contributed by atoms with Crippen LogP contribution in [-0.2, 0) is 19.5 Å². The Morgan fingerprint density at radius 1 is 1.33 bits per heavy atom. The van der Waals surface area contributed by atoms with Crippen molar-refractivity contribution >= 4 is 16.0 Å². The molecule has 0 bridgehead atoms. The van der Waals surface area contributed by atoms with Crippen LogP contribution in [0.15, 0.2) is 4.99 Å². The molecule has 1 rings (SSSR count). The summed E-state index contributed by atoms with van der Waals surface area (Å²) < 4.78 is 35.6. The van der Waals surface area contributed by atoms with Crippen LogP contribution < -0.4 is 10.6 Å². The minimum atomic E-state index is -3.10. The summed E-state index contributed by atoms with van der Waals surface area (Å²) >= 11 is 0. The molecule has 1 atom stereocenters. The smallest absolute Gasteiger partial charge is 0.213 e. The van der Waals surface area contributed by atoms with E-state index in [9.17, 15) is 8.42 Å². The van der Waals surface area contributed by atoms with Crippen LogP contribution in [0.3, 0.4) is 0 Å². The molecule has 0 radical (unpaired) electrons. The predicted molar refractivity (Wildman–Crippen MR) is 95.9 cm³/mol. The van der Waals surface area contributed by atoms with Crippen molar-refractivity contribution < 1.29 is 17.9 Å². The highest BCUT2D eigenvalue weighted by molar-refractivity contribution is 7.89. The van der Waals surface area contributed by atoms with E-state index < -0.39 is 10.0 Å². The van der Waals surface area contributed by atoms with E-state index in [1.165, 1.54) is 4.31 Å². The van der Waals surface area contributed by atoms with Gasteiger partial charge in [0.1, 0.15) is 0 Å². The molecule has 1 unspecified atom stereocenters. The molecule has 0 aliphatic carbocycles. The van der Waals surface area contributed by atoms with Crippen LogP contribution in [0.1, 0.15) is 26.2 Å². The van der Waals surface area contributed by atoms with Crippen LogP contribution in [0.4, 0.5) is 0 Å². The van der Waals surface area contributed by atoms with Crippen molar-refractivity contribution in [3.63, 3.8) is 0 Å². The second-order valence-corrected chi connectivity index (χ2v) is 8.08. The summed E-state index contributed by atoms with van der Waals surface area (Å²) in [5, 5.41) is 6.40. The second-order valence-electron chi connectivity index (χ2n) is 5.71. The fraction of sp³-hybridized carbons (Fsp3) is 0.933. The quantitative estimate of drug-likeness (QED) is 0.305. The number of hydrogen-bond acceptors (Lipinski definition) is 5. The normalized spacial score (nSPS) is 19.0. The molecule has 0 aromatic carbocycles. The van der Waals surface area contributed by atoms with Gasteiger partial charge in [-0.2, -0.15) is 0 Å². The van der Waals surface area contributed by atoms with Gasteiger partial charge in [-0.15, -0.1) is 0 Å². The first-order valence-electron chi connectivity index (χ1n) is 8.57. The molecule has 142 valence electrons. The Hall–Kier alpha value is -0.900. The monoisotopic (exact) mass is 364 g/mol. The van der Waals surface area contributed by atoms with E-state index in [0.29, 0.717) is 26.3 Å². The molecule has 0 aromatic rings. The summed E-state index contributed by atoms with van der Waals surface area (Å²) in [6.07, 6.45) is 2.85. The Kier molecular flexibility index (Phi) is 10.2. The lowest BCUT2D eigenvalue weighted by atomic mass is 10.3. The number of nitrogens with one attached hydrogen (secondary N) is 2.